The third-order valence-corrected chi connectivity index (χ3v) is 4.95. The van der Waals surface area contributed by atoms with Gasteiger partial charge in [-0.1, -0.05) is 74.5 Å². The zero-order valence-corrected chi connectivity index (χ0v) is 13.3. The summed E-state index contributed by atoms with van der Waals surface area (Å²) in [6.45, 7) is 4.55. The Morgan fingerprint density at radius 3 is 2.09 bits per heavy atom. The third-order valence-electron chi connectivity index (χ3n) is 4.95. The lowest BCUT2D eigenvalue weighted by atomic mass is 9.82. The van der Waals surface area contributed by atoms with E-state index < -0.39 is 0 Å². The van der Waals surface area contributed by atoms with Gasteiger partial charge in [-0.15, -0.1) is 0 Å². The molecule has 0 atom stereocenters. The second-order valence-electron chi connectivity index (χ2n) is 6.56. The minimum absolute atomic E-state index is 0.0104. The summed E-state index contributed by atoms with van der Waals surface area (Å²) in [4.78, 5) is 0. The lowest BCUT2D eigenvalue weighted by molar-refractivity contribution is 0.660. The van der Waals surface area contributed by atoms with Crippen LogP contribution in [0.25, 0.3) is 22.3 Å². The highest BCUT2D eigenvalue weighted by atomic mass is 14.4. The van der Waals surface area contributed by atoms with Crippen LogP contribution in [0, 0.1) is 11.3 Å². The maximum absolute atomic E-state index is 9.48. The fourth-order valence-corrected chi connectivity index (χ4v) is 3.79. The SMILES string of the molecule is CC1(C)c2ccccc2-c2c(-c3ccccc3C#N)cccc21. The summed E-state index contributed by atoms with van der Waals surface area (Å²) in [5, 5.41) is 9.48. The standard InChI is InChI=1S/C22H17N/c1-22(2)19-12-6-5-10-18(19)21-17(11-7-13-20(21)22)16-9-4-3-8-15(16)14-23/h3-13H,1-2H3. The first-order chi connectivity index (χ1) is 11.1. The quantitative estimate of drug-likeness (QED) is 0.579. The maximum Gasteiger partial charge on any atom is 0.0998 e. The van der Waals surface area contributed by atoms with E-state index in [-0.39, 0.29) is 5.41 Å². The van der Waals surface area contributed by atoms with Gasteiger partial charge in [-0.25, -0.2) is 0 Å². The molecule has 0 N–H and O–H groups in total. The van der Waals surface area contributed by atoms with E-state index in [2.05, 4.69) is 62.4 Å². The lowest BCUT2D eigenvalue weighted by Crippen LogP contribution is -2.14. The molecule has 0 fully saturated rings. The Bertz CT molecular complexity index is 958. The number of hydrogen-bond donors (Lipinski definition) is 0. The molecule has 0 saturated heterocycles. The summed E-state index contributed by atoms with van der Waals surface area (Å²) in [7, 11) is 0. The topological polar surface area (TPSA) is 23.8 Å². The molecule has 0 heterocycles. The highest BCUT2D eigenvalue weighted by Gasteiger charge is 2.36. The van der Waals surface area contributed by atoms with Crippen LogP contribution >= 0.6 is 0 Å². The molecule has 1 aliphatic carbocycles. The highest BCUT2D eigenvalue weighted by molar-refractivity contribution is 5.93. The van der Waals surface area contributed by atoms with E-state index in [0.717, 1.165) is 16.7 Å². The van der Waals surface area contributed by atoms with E-state index in [1.165, 1.54) is 22.3 Å². The van der Waals surface area contributed by atoms with Gasteiger partial charge in [0.05, 0.1) is 11.6 Å². The molecule has 23 heavy (non-hydrogen) atoms. The molecule has 1 nitrogen and oxygen atoms in total. The number of nitrogens with zero attached hydrogens (tertiary/aromatic N) is 1. The predicted molar refractivity (Wildman–Crippen MR) is 94.2 cm³/mol. The van der Waals surface area contributed by atoms with Crippen molar-refractivity contribution in [3.05, 3.63) is 83.4 Å². The highest BCUT2D eigenvalue weighted by Crippen LogP contribution is 2.52. The summed E-state index contributed by atoms with van der Waals surface area (Å²) in [5.41, 5.74) is 8.14. The number of hydrogen-bond acceptors (Lipinski definition) is 1. The lowest BCUT2D eigenvalue weighted by Gasteiger charge is -2.21. The molecule has 1 aliphatic rings. The molecule has 3 aromatic carbocycles. The van der Waals surface area contributed by atoms with Crippen LogP contribution in [-0.2, 0) is 5.41 Å². The number of fused-ring (bicyclic) bond motifs is 3. The molecule has 4 rings (SSSR count). The van der Waals surface area contributed by atoms with E-state index in [9.17, 15) is 5.26 Å². The third kappa shape index (κ3) is 1.85. The largest absolute Gasteiger partial charge is 0.192 e. The van der Waals surface area contributed by atoms with E-state index in [1.807, 2.05) is 24.3 Å². The van der Waals surface area contributed by atoms with Crippen molar-refractivity contribution in [3.63, 3.8) is 0 Å². The van der Waals surface area contributed by atoms with Crippen LogP contribution in [-0.4, -0.2) is 0 Å². The summed E-state index contributed by atoms with van der Waals surface area (Å²) in [6, 6.07) is 25.3. The first-order valence-electron chi connectivity index (χ1n) is 7.87. The maximum atomic E-state index is 9.48. The van der Waals surface area contributed by atoms with Gasteiger partial charge in [-0.05, 0) is 33.9 Å². The Kier molecular flexibility index (Phi) is 2.89. The first-order valence-corrected chi connectivity index (χ1v) is 7.87. The van der Waals surface area contributed by atoms with Gasteiger partial charge in [0, 0.05) is 11.0 Å². The van der Waals surface area contributed by atoms with Gasteiger partial charge in [-0.3, -0.25) is 0 Å². The minimum atomic E-state index is -0.0104. The van der Waals surface area contributed by atoms with Crippen LogP contribution in [0.15, 0.2) is 66.7 Å². The molecule has 110 valence electrons. The monoisotopic (exact) mass is 295 g/mol. The average molecular weight is 295 g/mol. The van der Waals surface area contributed by atoms with Crippen molar-refractivity contribution < 1.29 is 0 Å². The summed E-state index contributed by atoms with van der Waals surface area (Å²) in [5.74, 6) is 0. The van der Waals surface area contributed by atoms with E-state index in [1.54, 1.807) is 0 Å². The zero-order chi connectivity index (χ0) is 16.0. The molecule has 0 unspecified atom stereocenters. The molecule has 0 saturated carbocycles. The van der Waals surface area contributed by atoms with Crippen LogP contribution in [0.3, 0.4) is 0 Å². The first kappa shape index (κ1) is 13.8. The van der Waals surface area contributed by atoms with Gasteiger partial charge in [0.1, 0.15) is 0 Å². The molecular formula is C22H17N. The molecule has 0 amide bonds. The van der Waals surface area contributed by atoms with Crippen LogP contribution < -0.4 is 0 Å². The smallest absolute Gasteiger partial charge is 0.0998 e. The normalized spacial score (nSPS) is 14.0. The fraction of sp³-hybridized carbons (Fsp3) is 0.136. The van der Waals surface area contributed by atoms with Crippen LogP contribution in [0.2, 0.25) is 0 Å². The molecular weight excluding hydrogens is 278 g/mol. The molecule has 0 spiro atoms. The van der Waals surface area contributed by atoms with E-state index >= 15 is 0 Å². The van der Waals surface area contributed by atoms with Gasteiger partial charge in [-0.2, -0.15) is 5.26 Å². The number of rotatable bonds is 1. The average Bonchev–Trinajstić information content (AvgIpc) is 2.83. The van der Waals surface area contributed by atoms with Crippen molar-refractivity contribution in [2.45, 2.75) is 19.3 Å². The second kappa shape index (κ2) is 4.83. The van der Waals surface area contributed by atoms with E-state index in [4.69, 9.17) is 0 Å². The van der Waals surface area contributed by atoms with Gasteiger partial charge in [0.15, 0.2) is 0 Å². The summed E-state index contributed by atoms with van der Waals surface area (Å²) in [6.07, 6.45) is 0. The second-order valence-corrected chi connectivity index (χ2v) is 6.56. The van der Waals surface area contributed by atoms with Crippen molar-refractivity contribution in [2.75, 3.05) is 0 Å². The Morgan fingerprint density at radius 1 is 0.696 bits per heavy atom. The van der Waals surface area contributed by atoms with Gasteiger partial charge in [0.25, 0.3) is 0 Å². The molecule has 0 aromatic heterocycles. The van der Waals surface area contributed by atoms with Gasteiger partial charge >= 0.3 is 0 Å². The van der Waals surface area contributed by atoms with Crippen molar-refractivity contribution in [3.8, 4) is 28.3 Å². The zero-order valence-electron chi connectivity index (χ0n) is 13.3. The van der Waals surface area contributed by atoms with Crippen LogP contribution in [0.1, 0.15) is 30.5 Å². The van der Waals surface area contributed by atoms with Crippen molar-refractivity contribution in [2.24, 2.45) is 0 Å². The van der Waals surface area contributed by atoms with Gasteiger partial charge < -0.3 is 0 Å². The van der Waals surface area contributed by atoms with Crippen molar-refractivity contribution in [1.82, 2.24) is 0 Å². The fourth-order valence-electron chi connectivity index (χ4n) is 3.79. The van der Waals surface area contributed by atoms with E-state index in [0.29, 0.717) is 0 Å². The molecule has 1 heteroatoms. The minimum Gasteiger partial charge on any atom is -0.192 e. The predicted octanol–water partition coefficient (Wildman–Crippen LogP) is 5.53. The summed E-state index contributed by atoms with van der Waals surface area (Å²) < 4.78 is 0. The molecule has 3 aromatic rings. The Labute approximate surface area is 136 Å². The van der Waals surface area contributed by atoms with Crippen molar-refractivity contribution >= 4 is 0 Å². The molecule has 0 aliphatic heterocycles. The number of nitriles is 1. The van der Waals surface area contributed by atoms with Crippen LogP contribution in [0.4, 0.5) is 0 Å². The van der Waals surface area contributed by atoms with Crippen LogP contribution in [0.5, 0.6) is 0 Å². The molecule has 0 bridgehead atoms. The Morgan fingerprint density at radius 2 is 1.30 bits per heavy atom. The van der Waals surface area contributed by atoms with Gasteiger partial charge in [0.2, 0.25) is 0 Å². The Hall–Kier alpha value is -2.85. The molecule has 0 radical (unpaired) electrons. The van der Waals surface area contributed by atoms with Crippen molar-refractivity contribution in [1.29, 1.82) is 5.26 Å². The summed E-state index contributed by atoms with van der Waals surface area (Å²) >= 11 is 0. The number of benzene rings is 3. The Balaban J connectivity index is 2.10.